The maximum Gasteiger partial charge on any atom is 0.277 e. The number of pyridine rings is 1. The summed E-state index contributed by atoms with van der Waals surface area (Å²) in [7, 11) is 1.61. The molecule has 0 atom stereocenters. The first-order valence-corrected chi connectivity index (χ1v) is 10.5. The first kappa shape index (κ1) is 20.7. The zero-order valence-electron chi connectivity index (χ0n) is 16.8. The molecule has 0 aliphatic rings. The summed E-state index contributed by atoms with van der Waals surface area (Å²) in [6.07, 6.45) is 5.04. The van der Waals surface area contributed by atoms with Crippen molar-refractivity contribution in [3.63, 3.8) is 0 Å². The Kier molecular flexibility index (Phi) is 6.63. The molecule has 1 amide bonds. The SMILES string of the molecule is COc1ccc(-c2nnc(SCC(=O)N(Cc3cccnc3)Cc3ccco3)o2)cc1. The second kappa shape index (κ2) is 9.94. The largest absolute Gasteiger partial charge is 0.497 e. The zero-order valence-corrected chi connectivity index (χ0v) is 17.6. The van der Waals surface area contributed by atoms with Crippen molar-refractivity contribution in [1.29, 1.82) is 0 Å². The molecule has 8 nitrogen and oxygen atoms in total. The number of hydrogen-bond donors (Lipinski definition) is 0. The molecule has 3 aromatic heterocycles. The molecule has 158 valence electrons. The third-order valence-corrected chi connectivity index (χ3v) is 5.24. The van der Waals surface area contributed by atoms with Crippen LogP contribution in [0.25, 0.3) is 11.5 Å². The highest BCUT2D eigenvalue weighted by Crippen LogP contribution is 2.25. The number of ether oxygens (including phenoxy) is 1. The molecule has 1 aromatic carbocycles. The average Bonchev–Trinajstić information content (AvgIpc) is 3.50. The van der Waals surface area contributed by atoms with Gasteiger partial charge in [0, 0.05) is 24.5 Å². The standard InChI is InChI=1S/C22H20N4O4S/c1-28-18-8-6-17(7-9-18)21-24-25-22(30-21)31-15-20(27)26(14-19-5-3-11-29-19)13-16-4-2-10-23-12-16/h2-12H,13-15H2,1H3. The van der Waals surface area contributed by atoms with Crippen LogP contribution in [0, 0.1) is 0 Å². The van der Waals surface area contributed by atoms with Gasteiger partial charge in [0.1, 0.15) is 11.5 Å². The fourth-order valence-corrected chi connectivity index (χ4v) is 3.53. The lowest BCUT2D eigenvalue weighted by Crippen LogP contribution is -2.31. The number of methoxy groups -OCH3 is 1. The molecule has 0 radical (unpaired) electrons. The Balaban J connectivity index is 1.40. The Morgan fingerprint density at radius 2 is 1.97 bits per heavy atom. The van der Waals surface area contributed by atoms with E-state index in [1.165, 1.54) is 11.8 Å². The summed E-state index contributed by atoms with van der Waals surface area (Å²) < 4.78 is 16.3. The van der Waals surface area contributed by atoms with Crippen molar-refractivity contribution in [2.24, 2.45) is 0 Å². The smallest absolute Gasteiger partial charge is 0.277 e. The van der Waals surface area contributed by atoms with Gasteiger partial charge in [-0.1, -0.05) is 17.8 Å². The van der Waals surface area contributed by atoms with Gasteiger partial charge < -0.3 is 18.5 Å². The van der Waals surface area contributed by atoms with Crippen LogP contribution in [0.3, 0.4) is 0 Å². The van der Waals surface area contributed by atoms with Crippen molar-refractivity contribution in [1.82, 2.24) is 20.1 Å². The van der Waals surface area contributed by atoms with Gasteiger partial charge in [-0.3, -0.25) is 9.78 Å². The first-order chi connectivity index (χ1) is 15.2. The van der Waals surface area contributed by atoms with Gasteiger partial charge in [0.25, 0.3) is 5.22 Å². The highest BCUT2D eigenvalue weighted by Gasteiger charge is 2.18. The third-order valence-electron chi connectivity index (χ3n) is 4.44. The summed E-state index contributed by atoms with van der Waals surface area (Å²) in [5.41, 5.74) is 1.72. The lowest BCUT2D eigenvalue weighted by atomic mass is 10.2. The Morgan fingerprint density at radius 3 is 2.68 bits per heavy atom. The lowest BCUT2D eigenvalue weighted by Gasteiger charge is -2.21. The quantitative estimate of drug-likeness (QED) is 0.363. The van der Waals surface area contributed by atoms with Crippen LogP contribution in [0.1, 0.15) is 11.3 Å². The number of carbonyl (C=O) groups is 1. The van der Waals surface area contributed by atoms with Gasteiger partial charge in [0.2, 0.25) is 11.8 Å². The minimum Gasteiger partial charge on any atom is -0.497 e. The average molecular weight is 436 g/mol. The summed E-state index contributed by atoms with van der Waals surface area (Å²) in [5.74, 6) is 1.93. The Morgan fingerprint density at radius 1 is 1.10 bits per heavy atom. The van der Waals surface area contributed by atoms with E-state index in [0.29, 0.717) is 30.0 Å². The van der Waals surface area contributed by atoms with Crippen LogP contribution in [0.2, 0.25) is 0 Å². The molecule has 0 N–H and O–H groups in total. The molecular weight excluding hydrogens is 416 g/mol. The summed E-state index contributed by atoms with van der Waals surface area (Å²) in [6.45, 7) is 0.789. The third kappa shape index (κ3) is 5.52. The second-order valence-corrected chi connectivity index (χ2v) is 7.51. The molecule has 0 saturated carbocycles. The van der Waals surface area contributed by atoms with E-state index < -0.39 is 0 Å². The van der Waals surface area contributed by atoms with Gasteiger partial charge in [-0.05, 0) is 48.0 Å². The Hall–Kier alpha value is -3.59. The van der Waals surface area contributed by atoms with Gasteiger partial charge in [-0.15, -0.1) is 10.2 Å². The van der Waals surface area contributed by atoms with Gasteiger partial charge >= 0.3 is 0 Å². The molecule has 0 fully saturated rings. The Bertz CT molecular complexity index is 1100. The van der Waals surface area contributed by atoms with E-state index >= 15 is 0 Å². The number of amides is 1. The van der Waals surface area contributed by atoms with Crippen LogP contribution in [-0.4, -0.2) is 38.9 Å². The van der Waals surface area contributed by atoms with Crippen molar-refractivity contribution >= 4 is 17.7 Å². The number of nitrogens with zero attached hydrogens (tertiary/aromatic N) is 4. The summed E-state index contributed by atoms with van der Waals surface area (Å²) in [5, 5.41) is 8.44. The monoisotopic (exact) mass is 436 g/mol. The predicted octanol–water partition coefficient (Wildman–Crippen LogP) is 4.05. The van der Waals surface area contributed by atoms with E-state index in [1.54, 1.807) is 36.7 Å². The first-order valence-electron chi connectivity index (χ1n) is 9.51. The van der Waals surface area contributed by atoms with Crippen molar-refractivity contribution in [2.75, 3.05) is 12.9 Å². The van der Waals surface area contributed by atoms with Crippen molar-refractivity contribution in [3.05, 3.63) is 78.5 Å². The zero-order chi connectivity index (χ0) is 21.5. The van der Waals surface area contributed by atoms with Crippen molar-refractivity contribution in [2.45, 2.75) is 18.3 Å². The number of thioether (sulfide) groups is 1. The van der Waals surface area contributed by atoms with Crippen molar-refractivity contribution < 1.29 is 18.4 Å². The van der Waals surface area contributed by atoms with Crippen LogP contribution >= 0.6 is 11.8 Å². The molecule has 9 heteroatoms. The molecule has 0 spiro atoms. The maximum atomic E-state index is 12.9. The molecule has 4 rings (SSSR count). The van der Waals surface area contributed by atoms with Crippen LogP contribution in [0.4, 0.5) is 0 Å². The molecule has 4 aromatic rings. The second-order valence-electron chi connectivity index (χ2n) is 6.58. The maximum absolute atomic E-state index is 12.9. The lowest BCUT2D eigenvalue weighted by molar-refractivity contribution is -0.129. The van der Waals surface area contributed by atoms with E-state index in [1.807, 2.05) is 42.5 Å². The van der Waals surface area contributed by atoms with E-state index in [-0.39, 0.29) is 11.7 Å². The predicted molar refractivity (Wildman–Crippen MR) is 114 cm³/mol. The fraction of sp³-hybridized carbons (Fsp3) is 0.182. The summed E-state index contributed by atoms with van der Waals surface area (Å²) in [6, 6.07) is 14.7. The normalized spacial score (nSPS) is 10.7. The van der Waals surface area contributed by atoms with E-state index in [0.717, 1.165) is 16.9 Å². The molecule has 0 unspecified atom stereocenters. The summed E-state index contributed by atoms with van der Waals surface area (Å²) >= 11 is 1.20. The number of carbonyl (C=O) groups excluding carboxylic acids is 1. The molecule has 0 aliphatic heterocycles. The fourth-order valence-electron chi connectivity index (χ4n) is 2.87. The number of furan rings is 1. The summed E-state index contributed by atoms with van der Waals surface area (Å²) in [4.78, 5) is 18.8. The minimum absolute atomic E-state index is 0.0746. The molecular formula is C22H20N4O4S. The molecule has 0 aliphatic carbocycles. The van der Waals surface area contributed by atoms with Gasteiger partial charge in [-0.2, -0.15) is 0 Å². The number of hydrogen-bond acceptors (Lipinski definition) is 8. The van der Waals surface area contributed by atoms with E-state index in [4.69, 9.17) is 13.6 Å². The van der Waals surface area contributed by atoms with Crippen LogP contribution < -0.4 is 4.74 Å². The van der Waals surface area contributed by atoms with Gasteiger partial charge in [0.05, 0.1) is 25.7 Å². The van der Waals surface area contributed by atoms with Gasteiger partial charge in [-0.25, -0.2) is 0 Å². The van der Waals surface area contributed by atoms with Crippen molar-refractivity contribution in [3.8, 4) is 17.2 Å². The molecule has 3 heterocycles. The molecule has 0 saturated heterocycles. The number of aromatic nitrogens is 3. The van der Waals surface area contributed by atoms with Crippen LogP contribution in [-0.2, 0) is 17.9 Å². The minimum atomic E-state index is -0.0746. The molecule has 0 bridgehead atoms. The van der Waals surface area contributed by atoms with Gasteiger partial charge in [0.15, 0.2) is 0 Å². The Labute approximate surface area is 183 Å². The highest BCUT2D eigenvalue weighted by atomic mass is 32.2. The number of rotatable bonds is 9. The topological polar surface area (TPSA) is 94.5 Å². The van der Waals surface area contributed by atoms with E-state index in [2.05, 4.69) is 15.2 Å². The highest BCUT2D eigenvalue weighted by molar-refractivity contribution is 7.99. The van der Waals surface area contributed by atoms with Crippen LogP contribution in [0.5, 0.6) is 5.75 Å². The van der Waals surface area contributed by atoms with Crippen LogP contribution in [0.15, 0.2) is 81.2 Å². The molecule has 31 heavy (non-hydrogen) atoms. The number of benzene rings is 1. The van der Waals surface area contributed by atoms with E-state index in [9.17, 15) is 4.79 Å².